The van der Waals surface area contributed by atoms with Crippen LogP contribution < -0.4 is 5.32 Å². The van der Waals surface area contributed by atoms with E-state index in [1.807, 2.05) is 13.0 Å². The standard InChI is InChI=1S/C16H13F3N2/c1-11-2-7-15(13(8-11)9-20)21-10-12-3-5-14(6-4-12)16(17,18)19/h2-8,21H,10H2,1H3. The molecule has 0 atom stereocenters. The van der Waals surface area contributed by atoms with Crippen molar-refractivity contribution in [2.75, 3.05) is 5.32 Å². The summed E-state index contributed by atoms with van der Waals surface area (Å²) in [7, 11) is 0. The second-order valence-corrected chi connectivity index (χ2v) is 4.71. The van der Waals surface area contributed by atoms with E-state index in [0.717, 1.165) is 17.7 Å². The van der Waals surface area contributed by atoms with Crippen molar-refractivity contribution in [1.29, 1.82) is 5.26 Å². The first-order chi connectivity index (χ1) is 9.90. The fourth-order valence-electron chi connectivity index (χ4n) is 1.91. The van der Waals surface area contributed by atoms with Crippen molar-refractivity contribution in [1.82, 2.24) is 0 Å². The molecule has 0 aliphatic carbocycles. The highest BCUT2D eigenvalue weighted by Crippen LogP contribution is 2.29. The van der Waals surface area contributed by atoms with Crippen LogP contribution >= 0.6 is 0 Å². The highest BCUT2D eigenvalue weighted by Gasteiger charge is 2.29. The van der Waals surface area contributed by atoms with Gasteiger partial charge in [-0.2, -0.15) is 18.4 Å². The molecule has 5 heteroatoms. The fourth-order valence-corrected chi connectivity index (χ4v) is 1.91. The van der Waals surface area contributed by atoms with E-state index in [1.54, 1.807) is 12.1 Å². The lowest BCUT2D eigenvalue weighted by molar-refractivity contribution is -0.137. The summed E-state index contributed by atoms with van der Waals surface area (Å²) in [4.78, 5) is 0. The molecule has 2 nitrogen and oxygen atoms in total. The number of hydrogen-bond acceptors (Lipinski definition) is 2. The van der Waals surface area contributed by atoms with E-state index in [0.29, 0.717) is 23.4 Å². The van der Waals surface area contributed by atoms with Crippen LogP contribution in [0.2, 0.25) is 0 Å². The van der Waals surface area contributed by atoms with Gasteiger partial charge in [-0.05, 0) is 42.3 Å². The predicted molar refractivity (Wildman–Crippen MR) is 74.7 cm³/mol. The Balaban J connectivity index is 2.09. The van der Waals surface area contributed by atoms with Gasteiger partial charge in [-0.25, -0.2) is 0 Å². The van der Waals surface area contributed by atoms with E-state index < -0.39 is 11.7 Å². The van der Waals surface area contributed by atoms with Crippen molar-refractivity contribution in [3.8, 4) is 6.07 Å². The molecule has 0 amide bonds. The Bertz CT molecular complexity index is 667. The molecular weight excluding hydrogens is 277 g/mol. The maximum absolute atomic E-state index is 12.5. The molecule has 0 unspecified atom stereocenters. The van der Waals surface area contributed by atoms with Gasteiger partial charge in [-0.1, -0.05) is 18.2 Å². The molecule has 0 aliphatic heterocycles. The van der Waals surface area contributed by atoms with Gasteiger partial charge in [0.25, 0.3) is 0 Å². The number of halogens is 3. The molecule has 0 aromatic heterocycles. The Morgan fingerprint density at radius 3 is 2.33 bits per heavy atom. The maximum atomic E-state index is 12.5. The summed E-state index contributed by atoms with van der Waals surface area (Å²) in [6.07, 6.45) is -4.32. The second-order valence-electron chi connectivity index (χ2n) is 4.71. The number of hydrogen-bond donors (Lipinski definition) is 1. The lowest BCUT2D eigenvalue weighted by Crippen LogP contribution is -2.06. The molecule has 0 bridgehead atoms. The van der Waals surface area contributed by atoms with E-state index in [2.05, 4.69) is 11.4 Å². The van der Waals surface area contributed by atoms with E-state index in [-0.39, 0.29) is 0 Å². The van der Waals surface area contributed by atoms with Crippen LogP contribution in [0.5, 0.6) is 0 Å². The van der Waals surface area contributed by atoms with Crippen LogP contribution in [-0.2, 0) is 12.7 Å². The highest BCUT2D eigenvalue weighted by molar-refractivity contribution is 5.58. The Hall–Kier alpha value is -2.48. The average Bonchev–Trinajstić information content (AvgIpc) is 2.45. The minimum absolute atomic E-state index is 0.357. The second kappa shape index (κ2) is 5.88. The summed E-state index contributed by atoms with van der Waals surface area (Å²) >= 11 is 0. The van der Waals surface area contributed by atoms with Crippen LogP contribution in [0.4, 0.5) is 18.9 Å². The monoisotopic (exact) mass is 290 g/mol. The summed E-state index contributed by atoms with van der Waals surface area (Å²) in [5.74, 6) is 0. The molecule has 2 aromatic carbocycles. The van der Waals surface area contributed by atoms with Crippen molar-refractivity contribution in [2.45, 2.75) is 19.6 Å². The Morgan fingerprint density at radius 2 is 1.76 bits per heavy atom. The lowest BCUT2D eigenvalue weighted by Gasteiger charge is -2.10. The first-order valence-electron chi connectivity index (χ1n) is 6.31. The number of rotatable bonds is 3. The molecule has 0 spiro atoms. The smallest absolute Gasteiger partial charge is 0.380 e. The summed E-state index contributed by atoms with van der Waals surface area (Å²) in [5, 5.41) is 12.1. The zero-order valence-electron chi connectivity index (χ0n) is 11.3. The average molecular weight is 290 g/mol. The number of nitrogens with zero attached hydrogens (tertiary/aromatic N) is 1. The molecule has 0 heterocycles. The molecular formula is C16H13F3N2. The minimum Gasteiger partial charge on any atom is -0.380 e. The van der Waals surface area contributed by atoms with Gasteiger partial charge in [0, 0.05) is 6.54 Å². The normalized spacial score (nSPS) is 11.0. The Morgan fingerprint density at radius 1 is 1.10 bits per heavy atom. The van der Waals surface area contributed by atoms with Gasteiger partial charge >= 0.3 is 6.18 Å². The maximum Gasteiger partial charge on any atom is 0.416 e. The third kappa shape index (κ3) is 3.76. The summed E-state index contributed by atoms with van der Waals surface area (Å²) in [5.41, 5.74) is 2.21. The van der Waals surface area contributed by atoms with Crippen LogP contribution in [-0.4, -0.2) is 0 Å². The third-order valence-corrected chi connectivity index (χ3v) is 3.06. The van der Waals surface area contributed by atoms with E-state index in [4.69, 9.17) is 5.26 Å². The summed E-state index contributed by atoms with van der Waals surface area (Å²) in [6.45, 7) is 2.25. The van der Waals surface area contributed by atoms with Crippen LogP contribution in [0.25, 0.3) is 0 Å². The van der Waals surface area contributed by atoms with Crippen molar-refractivity contribution in [3.63, 3.8) is 0 Å². The SMILES string of the molecule is Cc1ccc(NCc2ccc(C(F)(F)F)cc2)c(C#N)c1. The topological polar surface area (TPSA) is 35.8 Å². The van der Waals surface area contributed by atoms with Crippen molar-refractivity contribution in [2.24, 2.45) is 0 Å². The molecule has 0 saturated heterocycles. The molecule has 0 saturated carbocycles. The zero-order chi connectivity index (χ0) is 15.5. The molecule has 0 fully saturated rings. The molecule has 1 N–H and O–H groups in total. The Labute approximate surface area is 120 Å². The number of alkyl halides is 3. The molecule has 2 rings (SSSR count). The molecule has 2 aromatic rings. The molecule has 21 heavy (non-hydrogen) atoms. The van der Waals surface area contributed by atoms with Gasteiger partial charge in [0.2, 0.25) is 0 Å². The van der Waals surface area contributed by atoms with Gasteiger partial charge in [0.15, 0.2) is 0 Å². The number of benzene rings is 2. The number of nitrogens with one attached hydrogen (secondary N) is 1. The van der Waals surface area contributed by atoms with Gasteiger partial charge < -0.3 is 5.32 Å². The predicted octanol–water partition coefficient (Wildman–Crippen LogP) is 4.50. The van der Waals surface area contributed by atoms with Crippen LogP contribution in [0, 0.1) is 18.3 Å². The molecule has 0 aliphatic rings. The van der Waals surface area contributed by atoms with Crippen molar-refractivity contribution in [3.05, 3.63) is 64.7 Å². The lowest BCUT2D eigenvalue weighted by atomic mass is 10.1. The Kier molecular flexibility index (Phi) is 4.18. The minimum atomic E-state index is -4.32. The van der Waals surface area contributed by atoms with E-state index >= 15 is 0 Å². The zero-order valence-corrected chi connectivity index (χ0v) is 11.3. The van der Waals surface area contributed by atoms with Gasteiger partial charge in [-0.15, -0.1) is 0 Å². The quantitative estimate of drug-likeness (QED) is 0.903. The van der Waals surface area contributed by atoms with Crippen LogP contribution in [0.1, 0.15) is 22.3 Å². The summed E-state index contributed by atoms with van der Waals surface area (Å²) in [6, 6.07) is 12.5. The first-order valence-corrected chi connectivity index (χ1v) is 6.31. The number of nitriles is 1. The fraction of sp³-hybridized carbons (Fsp3) is 0.188. The van der Waals surface area contributed by atoms with Gasteiger partial charge in [-0.3, -0.25) is 0 Å². The highest BCUT2D eigenvalue weighted by atomic mass is 19.4. The number of anilines is 1. The number of aryl methyl sites for hydroxylation is 1. The largest absolute Gasteiger partial charge is 0.416 e. The molecule has 0 radical (unpaired) electrons. The molecule has 108 valence electrons. The summed E-state index contributed by atoms with van der Waals surface area (Å²) < 4.78 is 37.4. The first kappa shape index (κ1) is 14.9. The van der Waals surface area contributed by atoms with E-state index in [9.17, 15) is 13.2 Å². The van der Waals surface area contributed by atoms with Crippen LogP contribution in [0.15, 0.2) is 42.5 Å². The van der Waals surface area contributed by atoms with Crippen molar-refractivity contribution < 1.29 is 13.2 Å². The van der Waals surface area contributed by atoms with Gasteiger partial charge in [0.1, 0.15) is 6.07 Å². The van der Waals surface area contributed by atoms with Gasteiger partial charge in [0.05, 0.1) is 16.8 Å². The third-order valence-electron chi connectivity index (χ3n) is 3.06. The van der Waals surface area contributed by atoms with E-state index in [1.165, 1.54) is 12.1 Å². The van der Waals surface area contributed by atoms with Crippen molar-refractivity contribution >= 4 is 5.69 Å². The van der Waals surface area contributed by atoms with Crippen LogP contribution in [0.3, 0.4) is 0 Å².